The second kappa shape index (κ2) is 9.11. The van der Waals surface area contributed by atoms with Crippen molar-refractivity contribution in [1.82, 2.24) is 15.1 Å². The third kappa shape index (κ3) is 4.97. The van der Waals surface area contributed by atoms with Gasteiger partial charge in [-0.1, -0.05) is 6.07 Å². The standard InChI is InChI=1S/C21H27N5O3S/c1-24-8-10-25(11-9-24)19(20-3-2-12-30-20)14-22-17-7-4-15(13-18(17)26(28)29)21(27)23-16-5-6-16/h2-4,7,12-13,16,19,22H,5-6,8-11,14H2,1H3,(H,23,27)/t19-/m0/s1. The van der Waals surface area contributed by atoms with E-state index in [2.05, 4.69) is 38.9 Å². The van der Waals surface area contributed by atoms with Crippen molar-refractivity contribution in [2.45, 2.75) is 24.9 Å². The number of nitrogens with one attached hydrogen (secondary N) is 2. The summed E-state index contributed by atoms with van der Waals surface area (Å²) in [6.07, 6.45) is 1.95. The Hall–Kier alpha value is -2.49. The van der Waals surface area contributed by atoms with Crippen molar-refractivity contribution in [3.8, 4) is 0 Å². The van der Waals surface area contributed by atoms with E-state index >= 15 is 0 Å². The summed E-state index contributed by atoms with van der Waals surface area (Å²) in [6, 6.07) is 9.20. The predicted molar refractivity (Wildman–Crippen MR) is 118 cm³/mol. The lowest BCUT2D eigenvalue weighted by molar-refractivity contribution is -0.384. The van der Waals surface area contributed by atoms with Gasteiger partial charge in [-0.3, -0.25) is 19.8 Å². The Bertz CT molecular complexity index is 892. The zero-order valence-electron chi connectivity index (χ0n) is 17.0. The largest absolute Gasteiger partial charge is 0.378 e. The van der Waals surface area contributed by atoms with E-state index in [0.29, 0.717) is 17.8 Å². The molecule has 2 heterocycles. The van der Waals surface area contributed by atoms with Gasteiger partial charge < -0.3 is 15.5 Å². The van der Waals surface area contributed by atoms with Gasteiger partial charge in [0.15, 0.2) is 0 Å². The van der Waals surface area contributed by atoms with Gasteiger partial charge in [-0.05, 0) is 43.5 Å². The Morgan fingerprint density at radius 2 is 2.03 bits per heavy atom. The molecule has 0 bridgehead atoms. The molecule has 1 aliphatic carbocycles. The van der Waals surface area contributed by atoms with Gasteiger partial charge in [0.25, 0.3) is 11.6 Å². The molecule has 4 rings (SSSR count). The predicted octanol–water partition coefficient (Wildman–Crippen LogP) is 2.95. The molecule has 1 aromatic carbocycles. The number of benzene rings is 1. The van der Waals surface area contributed by atoms with Crippen molar-refractivity contribution in [3.05, 3.63) is 56.3 Å². The number of nitro benzene ring substituents is 1. The van der Waals surface area contributed by atoms with Gasteiger partial charge in [-0.2, -0.15) is 0 Å². The number of hydrogen-bond acceptors (Lipinski definition) is 7. The van der Waals surface area contributed by atoms with E-state index in [9.17, 15) is 14.9 Å². The molecule has 1 aromatic heterocycles. The van der Waals surface area contributed by atoms with Crippen LogP contribution in [0.1, 0.15) is 34.1 Å². The van der Waals surface area contributed by atoms with Crippen LogP contribution in [0.2, 0.25) is 0 Å². The molecule has 8 nitrogen and oxygen atoms in total. The average molecular weight is 430 g/mol. The van der Waals surface area contributed by atoms with Crippen LogP contribution in [-0.4, -0.2) is 66.4 Å². The van der Waals surface area contributed by atoms with Crippen molar-refractivity contribution in [3.63, 3.8) is 0 Å². The zero-order valence-corrected chi connectivity index (χ0v) is 17.9. The highest BCUT2D eigenvalue weighted by atomic mass is 32.1. The maximum Gasteiger partial charge on any atom is 0.293 e. The Morgan fingerprint density at radius 3 is 2.67 bits per heavy atom. The number of piperazine rings is 1. The van der Waals surface area contributed by atoms with Gasteiger partial charge in [0.2, 0.25) is 0 Å². The van der Waals surface area contributed by atoms with Gasteiger partial charge in [-0.15, -0.1) is 11.3 Å². The minimum atomic E-state index is -0.424. The molecule has 160 valence electrons. The molecule has 30 heavy (non-hydrogen) atoms. The summed E-state index contributed by atoms with van der Waals surface area (Å²) >= 11 is 1.71. The molecule has 9 heteroatoms. The smallest absolute Gasteiger partial charge is 0.293 e. The highest BCUT2D eigenvalue weighted by molar-refractivity contribution is 7.10. The Morgan fingerprint density at radius 1 is 1.27 bits per heavy atom. The molecule has 2 aliphatic rings. The first kappa shape index (κ1) is 20.8. The van der Waals surface area contributed by atoms with Gasteiger partial charge in [0.05, 0.1) is 11.0 Å². The van der Waals surface area contributed by atoms with E-state index in [-0.39, 0.29) is 23.7 Å². The molecule has 0 spiro atoms. The average Bonchev–Trinajstić information content (AvgIpc) is 3.39. The van der Waals surface area contributed by atoms with Crippen LogP contribution in [0.3, 0.4) is 0 Å². The highest BCUT2D eigenvalue weighted by Crippen LogP contribution is 2.30. The first-order valence-electron chi connectivity index (χ1n) is 10.3. The molecule has 1 aliphatic heterocycles. The molecule has 2 aromatic rings. The van der Waals surface area contributed by atoms with Gasteiger partial charge >= 0.3 is 0 Å². The van der Waals surface area contributed by atoms with E-state index in [1.807, 2.05) is 6.07 Å². The van der Waals surface area contributed by atoms with Crippen molar-refractivity contribution in [1.29, 1.82) is 0 Å². The topological polar surface area (TPSA) is 90.8 Å². The number of hydrogen-bond donors (Lipinski definition) is 2. The number of rotatable bonds is 8. The molecular weight excluding hydrogens is 402 g/mol. The molecule has 2 N–H and O–H groups in total. The number of likely N-dealkylation sites (N-methyl/N-ethyl adjacent to an activating group) is 1. The van der Waals surface area contributed by atoms with Crippen LogP contribution in [0, 0.1) is 10.1 Å². The number of nitrogens with zero attached hydrogens (tertiary/aromatic N) is 3. The first-order chi connectivity index (χ1) is 14.5. The Kier molecular flexibility index (Phi) is 6.31. The minimum Gasteiger partial charge on any atom is -0.378 e. The number of anilines is 1. The van der Waals surface area contributed by atoms with Gasteiger partial charge in [-0.25, -0.2) is 0 Å². The van der Waals surface area contributed by atoms with Crippen molar-refractivity contribution >= 4 is 28.6 Å². The summed E-state index contributed by atoms with van der Waals surface area (Å²) in [4.78, 5) is 29.5. The molecule has 2 fully saturated rings. The third-order valence-corrected chi connectivity index (χ3v) is 6.68. The molecule has 1 amide bonds. The highest BCUT2D eigenvalue weighted by Gasteiger charge is 2.27. The van der Waals surface area contributed by atoms with Crippen LogP contribution in [-0.2, 0) is 0 Å². The van der Waals surface area contributed by atoms with E-state index in [1.165, 1.54) is 10.9 Å². The zero-order chi connectivity index (χ0) is 21.1. The maximum atomic E-state index is 12.3. The lowest BCUT2D eigenvalue weighted by Crippen LogP contribution is -2.47. The first-order valence-corrected chi connectivity index (χ1v) is 11.2. The van der Waals surface area contributed by atoms with Crippen molar-refractivity contribution in [2.75, 3.05) is 45.1 Å². The fraction of sp³-hybridized carbons (Fsp3) is 0.476. The number of nitro groups is 1. The fourth-order valence-electron chi connectivity index (χ4n) is 3.70. The van der Waals surface area contributed by atoms with Crippen LogP contribution in [0.5, 0.6) is 0 Å². The number of thiophene rings is 1. The SMILES string of the molecule is CN1CCN([C@@H](CNc2ccc(C(=O)NC3CC3)cc2[N+](=O)[O-])c2cccs2)CC1. The Balaban J connectivity index is 1.49. The van der Waals surface area contributed by atoms with Gasteiger partial charge in [0, 0.05) is 55.3 Å². The normalized spacial score (nSPS) is 18.7. The molecule has 1 atom stereocenters. The summed E-state index contributed by atoms with van der Waals surface area (Å²) in [7, 11) is 2.13. The Labute approximate surface area is 180 Å². The number of carbonyl (C=O) groups is 1. The van der Waals surface area contributed by atoms with E-state index in [0.717, 1.165) is 39.0 Å². The van der Waals surface area contributed by atoms with Gasteiger partial charge in [0.1, 0.15) is 5.69 Å². The second-order valence-electron chi connectivity index (χ2n) is 7.99. The van der Waals surface area contributed by atoms with Crippen molar-refractivity contribution < 1.29 is 9.72 Å². The summed E-state index contributed by atoms with van der Waals surface area (Å²) in [5.41, 5.74) is 0.702. The molecular formula is C21H27N5O3S. The third-order valence-electron chi connectivity index (χ3n) is 5.71. The van der Waals surface area contributed by atoms with Crippen LogP contribution < -0.4 is 10.6 Å². The lowest BCUT2D eigenvalue weighted by Gasteiger charge is -2.37. The monoisotopic (exact) mass is 429 g/mol. The van der Waals surface area contributed by atoms with Crippen LogP contribution >= 0.6 is 11.3 Å². The van der Waals surface area contributed by atoms with E-state index < -0.39 is 4.92 Å². The number of carbonyl (C=O) groups excluding carboxylic acids is 1. The molecule has 0 radical (unpaired) electrons. The summed E-state index contributed by atoms with van der Waals surface area (Å²) in [6.45, 7) is 4.50. The van der Waals surface area contributed by atoms with Crippen molar-refractivity contribution in [2.24, 2.45) is 0 Å². The van der Waals surface area contributed by atoms with E-state index in [1.54, 1.807) is 23.5 Å². The summed E-state index contributed by atoms with van der Waals surface area (Å²) < 4.78 is 0. The van der Waals surface area contributed by atoms with Crippen LogP contribution in [0.4, 0.5) is 11.4 Å². The van der Waals surface area contributed by atoms with Crippen LogP contribution in [0.25, 0.3) is 0 Å². The maximum absolute atomic E-state index is 12.3. The quantitative estimate of drug-likeness (QED) is 0.495. The van der Waals surface area contributed by atoms with E-state index in [4.69, 9.17) is 0 Å². The summed E-state index contributed by atoms with van der Waals surface area (Å²) in [5, 5.41) is 19.9. The molecule has 1 saturated heterocycles. The molecule has 1 saturated carbocycles. The fourth-order valence-corrected chi connectivity index (χ4v) is 4.56. The lowest BCUT2D eigenvalue weighted by atomic mass is 10.1. The second-order valence-corrected chi connectivity index (χ2v) is 8.97. The minimum absolute atomic E-state index is 0.0678. The van der Waals surface area contributed by atoms with Crippen LogP contribution in [0.15, 0.2) is 35.7 Å². The summed E-state index contributed by atoms with van der Waals surface area (Å²) in [5.74, 6) is -0.249. The number of amides is 1. The molecule has 0 unspecified atom stereocenters.